The van der Waals surface area contributed by atoms with Gasteiger partial charge in [-0.05, 0) is 99.1 Å². The summed E-state index contributed by atoms with van der Waals surface area (Å²) in [5.41, 5.74) is 0. The first kappa shape index (κ1) is 25.0. The van der Waals surface area contributed by atoms with Crippen LogP contribution in [0, 0.1) is 11.8 Å². The number of amides is 1. The largest absolute Gasteiger partial charge is 0.381 e. The van der Waals surface area contributed by atoms with Crippen molar-refractivity contribution in [3.05, 3.63) is 23.7 Å². The third-order valence-electron chi connectivity index (χ3n) is 8.69. The van der Waals surface area contributed by atoms with Crippen molar-refractivity contribution in [2.24, 2.45) is 11.8 Å². The number of thiophene rings is 1. The van der Waals surface area contributed by atoms with Crippen molar-refractivity contribution in [2.45, 2.75) is 76.4 Å². The number of rotatable bonds is 8. The lowest BCUT2D eigenvalue weighted by Gasteiger charge is -2.37. The standard InChI is InChI=1S/C28H42N4O2S/c1-34-25-8-4-22(5-9-25)20-26(33)30-24-6-2-21(3-7-24)11-14-31-15-17-32(18-16-31)28-27-23(10-13-29-28)12-19-35-27/h10,12-13,19,21-22,24-25H,2-9,11,14-18,20H2,1H3,(H,30,33). The predicted molar refractivity (Wildman–Crippen MR) is 144 cm³/mol. The average molecular weight is 499 g/mol. The molecule has 2 aliphatic carbocycles. The lowest BCUT2D eigenvalue weighted by atomic mass is 9.83. The van der Waals surface area contributed by atoms with E-state index in [1.807, 2.05) is 6.20 Å². The maximum absolute atomic E-state index is 12.6. The van der Waals surface area contributed by atoms with E-state index in [2.05, 4.69) is 32.6 Å². The van der Waals surface area contributed by atoms with Gasteiger partial charge in [0.25, 0.3) is 0 Å². The Balaban J connectivity index is 0.970. The Morgan fingerprint density at radius 1 is 1.03 bits per heavy atom. The molecule has 1 saturated heterocycles. The number of methoxy groups -OCH3 is 1. The number of anilines is 1. The topological polar surface area (TPSA) is 57.7 Å². The van der Waals surface area contributed by atoms with Crippen LogP contribution in [-0.2, 0) is 9.53 Å². The highest BCUT2D eigenvalue weighted by molar-refractivity contribution is 7.17. The molecule has 5 rings (SSSR count). The summed E-state index contributed by atoms with van der Waals surface area (Å²) >= 11 is 1.80. The molecule has 0 unspecified atom stereocenters. The van der Waals surface area contributed by atoms with Crippen LogP contribution in [-0.4, -0.2) is 67.8 Å². The van der Waals surface area contributed by atoms with Crippen molar-refractivity contribution in [3.63, 3.8) is 0 Å². The van der Waals surface area contributed by atoms with E-state index in [9.17, 15) is 4.79 Å². The van der Waals surface area contributed by atoms with Gasteiger partial charge in [0.2, 0.25) is 5.91 Å². The van der Waals surface area contributed by atoms with E-state index >= 15 is 0 Å². The number of carbonyl (C=O) groups excluding carboxylic acids is 1. The van der Waals surface area contributed by atoms with E-state index in [4.69, 9.17) is 9.72 Å². The van der Waals surface area contributed by atoms with Crippen LogP contribution in [0.1, 0.15) is 64.2 Å². The van der Waals surface area contributed by atoms with Gasteiger partial charge in [0, 0.05) is 51.9 Å². The molecule has 3 fully saturated rings. The van der Waals surface area contributed by atoms with Crippen LogP contribution in [0.15, 0.2) is 23.7 Å². The Labute approximate surface area is 214 Å². The minimum absolute atomic E-state index is 0.278. The second-order valence-electron chi connectivity index (χ2n) is 11.0. The Morgan fingerprint density at radius 2 is 1.77 bits per heavy atom. The fourth-order valence-corrected chi connectivity index (χ4v) is 7.28. The highest BCUT2D eigenvalue weighted by Gasteiger charge is 2.27. The zero-order valence-corrected chi connectivity index (χ0v) is 22.1. The first-order valence-electron chi connectivity index (χ1n) is 13.8. The third-order valence-corrected chi connectivity index (χ3v) is 9.61. The number of carbonyl (C=O) groups is 1. The van der Waals surface area contributed by atoms with E-state index in [-0.39, 0.29) is 5.91 Å². The maximum Gasteiger partial charge on any atom is 0.220 e. The zero-order chi connectivity index (χ0) is 24.0. The van der Waals surface area contributed by atoms with E-state index in [0.717, 1.165) is 70.6 Å². The van der Waals surface area contributed by atoms with Crippen molar-refractivity contribution in [1.82, 2.24) is 15.2 Å². The fourth-order valence-electron chi connectivity index (χ4n) is 6.37. The van der Waals surface area contributed by atoms with Gasteiger partial charge < -0.3 is 15.0 Å². The lowest BCUT2D eigenvalue weighted by molar-refractivity contribution is -0.123. The van der Waals surface area contributed by atoms with E-state index < -0.39 is 0 Å². The highest BCUT2D eigenvalue weighted by atomic mass is 32.1. The molecule has 35 heavy (non-hydrogen) atoms. The fraction of sp³-hybridized carbons (Fsp3) is 0.714. The van der Waals surface area contributed by atoms with Gasteiger partial charge >= 0.3 is 0 Å². The summed E-state index contributed by atoms with van der Waals surface area (Å²) in [7, 11) is 1.81. The molecular formula is C28H42N4O2S. The quantitative estimate of drug-likeness (QED) is 0.550. The van der Waals surface area contributed by atoms with Crippen LogP contribution in [0.3, 0.4) is 0 Å². The molecule has 3 aliphatic rings. The molecule has 0 atom stereocenters. The van der Waals surface area contributed by atoms with Gasteiger partial charge in [0.1, 0.15) is 5.82 Å². The van der Waals surface area contributed by atoms with E-state index in [0.29, 0.717) is 24.5 Å². The number of nitrogens with one attached hydrogen (secondary N) is 1. The Bertz CT molecular complexity index is 941. The summed E-state index contributed by atoms with van der Waals surface area (Å²) in [6.07, 6.45) is 13.7. The number of piperazine rings is 1. The van der Waals surface area contributed by atoms with Crippen molar-refractivity contribution in [3.8, 4) is 0 Å². The Hall–Kier alpha value is -1.70. The molecule has 2 saturated carbocycles. The van der Waals surface area contributed by atoms with Crippen molar-refractivity contribution >= 4 is 33.1 Å². The molecular weight excluding hydrogens is 456 g/mol. The second-order valence-corrected chi connectivity index (χ2v) is 11.9. The van der Waals surface area contributed by atoms with Crippen molar-refractivity contribution < 1.29 is 9.53 Å². The second kappa shape index (κ2) is 12.0. The number of pyridine rings is 1. The van der Waals surface area contributed by atoms with Gasteiger partial charge in [-0.2, -0.15) is 0 Å². The van der Waals surface area contributed by atoms with Crippen LogP contribution < -0.4 is 10.2 Å². The van der Waals surface area contributed by atoms with Gasteiger partial charge in [0.15, 0.2) is 0 Å². The molecule has 0 bridgehead atoms. The lowest BCUT2D eigenvalue weighted by Crippen LogP contribution is -2.47. The molecule has 7 heteroatoms. The van der Waals surface area contributed by atoms with Crippen molar-refractivity contribution in [1.29, 1.82) is 0 Å². The monoisotopic (exact) mass is 498 g/mol. The number of nitrogens with zero attached hydrogens (tertiary/aromatic N) is 3. The Kier molecular flexibility index (Phi) is 8.58. The van der Waals surface area contributed by atoms with Gasteiger partial charge in [0.05, 0.1) is 10.8 Å². The molecule has 0 spiro atoms. The summed E-state index contributed by atoms with van der Waals surface area (Å²) in [5, 5.41) is 6.83. The summed E-state index contributed by atoms with van der Waals surface area (Å²) < 4.78 is 6.78. The molecule has 2 aromatic heterocycles. The average Bonchev–Trinajstić information content (AvgIpc) is 3.38. The van der Waals surface area contributed by atoms with Gasteiger partial charge in [-0.25, -0.2) is 4.98 Å². The highest BCUT2D eigenvalue weighted by Crippen LogP contribution is 2.31. The SMILES string of the molecule is COC1CCC(CC(=O)NC2CCC(CCN3CCN(c4nccc5ccsc45)CC3)CC2)CC1. The number of aromatic nitrogens is 1. The van der Waals surface area contributed by atoms with Crippen LogP contribution >= 0.6 is 11.3 Å². The normalized spacial score (nSPS) is 28.3. The molecule has 2 aromatic rings. The van der Waals surface area contributed by atoms with Crippen LogP contribution in [0.25, 0.3) is 10.1 Å². The maximum atomic E-state index is 12.6. The van der Waals surface area contributed by atoms with Gasteiger partial charge in [-0.1, -0.05) is 0 Å². The van der Waals surface area contributed by atoms with Crippen LogP contribution in [0.5, 0.6) is 0 Å². The minimum atomic E-state index is 0.278. The number of fused-ring (bicyclic) bond motifs is 1. The van der Waals surface area contributed by atoms with E-state index in [1.54, 1.807) is 18.4 Å². The molecule has 0 radical (unpaired) electrons. The number of ether oxygens (including phenoxy) is 1. The molecule has 6 nitrogen and oxygen atoms in total. The van der Waals surface area contributed by atoms with Gasteiger partial charge in [-0.3, -0.25) is 9.69 Å². The number of hydrogen-bond acceptors (Lipinski definition) is 6. The zero-order valence-electron chi connectivity index (χ0n) is 21.3. The van der Waals surface area contributed by atoms with Crippen molar-refractivity contribution in [2.75, 3.05) is 44.7 Å². The molecule has 1 aliphatic heterocycles. The summed E-state index contributed by atoms with van der Waals surface area (Å²) in [6.45, 7) is 5.59. The smallest absolute Gasteiger partial charge is 0.220 e. The summed E-state index contributed by atoms with van der Waals surface area (Å²) in [5.74, 6) is 2.80. The number of hydrogen-bond donors (Lipinski definition) is 1. The first-order chi connectivity index (χ1) is 17.2. The van der Waals surface area contributed by atoms with E-state index in [1.165, 1.54) is 41.7 Å². The molecule has 192 valence electrons. The summed E-state index contributed by atoms with van der Waals surface area (Å²) in [6, 6.07) is 4.69. The third kappa shape index (κ3) is 6.55. The molecule has 1 amide bonds. The van der Waals surface area contributed by atoms with Crippen LogP contribution in [0.2, 0.25) is 0 Å². The molecule has 1 N–H and O–H groups in total. The Morgan fingerprint density at radius 3 is 2.51 bits per heavy atom. The predicted octanol–water partition coefficient (Wildman–Crippen LogP) is 5.08. The minimum Gasteiger partial charge on any atom is -0.381 e. The molecule has 3 heterocycles. The summed E-state index contributed by atoms with van der Waals surface area (Å²) in [4.78, 5) is 22.4. The van der Waals surface area contributed by atoms with Crippen LogP contribution in [0.4, 0.5) is 5.82 Å². The molecule has 0 aromatic carbocycles. The first-order valence-corrected chi connectivity index (χ1v) is 14.7. The van der Waals surface area contributed by atoms with Gasteiger partial charge in [-0.15, -0.1) is 11.3 Å².